The molecule has 0 saturated carbocycles. The number of anilines is 1. The van der Waals surface area contributed by atoms with Crippen LogP contribution in [0.15, 0.2) is 35.8 Å². The predicted molar refractivity (Wildman–Crippen MR) is 77.0 cm³/mol. The number of hydrazine groups is 1. The van der Waals surface area contributed by atoms with Gasteiger partial charge in [0.05, 0.1) is 11.9 Å². The van der Waals surface area contributed by atoms with Gasteiger partial charge in [0, 0.05) is 18.5 Å². The number of amides is 1. The Morgan fingerprint density at radius 1 is 1.47 bits per heavy atom. The fourth-order valence-electron chi connectivity index (χ4n) is 1.64. The van der Waals surface area contributed by atoms with Crippen molar-refractivity contribution in [1.29, 1.82) is 0 Å². The average Bonchev–Trinajstić information content (AvgIpc) is 2.97. The van der Waals surface area contributed by atoms with Gasteiger partial charge in [0.2, 0.25) is 0 Å². The maximum absolute atomic E-state index is 12.1. The third-order valence-corrected chi connectivity index (χ3v) is 3.71. The Bertz CT molecular complexity index is 524. The van der Waals surface area contributed by atoms with Crippen LogP contribution in [-0.2, 0) is 6.42 Å². The second kappa shape index (κ2) is 6.31. The second-order valence-electron chi connectivity index (χ2n) is 4.13. The molecule has 100 valence electrons. The first-order chi connectivity index (χ1) is 9.20. The van der Waals surface area contributed by atoms with E-state index in [4.69, 9.17) is 5.84 Å². The molecule has 3 N–H and O–H groups in total. The summed E-state index contributed by atoms with van der Waals surface area (Å²) in [6, 6.07) is 7.48. The number of nitrogens with one attached hydrogen (secondary N) is 1. The van der Waals surface area contributed by atoms with Crippen LogP contribution in [0, 0.1) is 0 Å². The molecule has 0 spiro atoms. The Morgan fingerprint density at radius 2 is 2.32 bits per heavy atom. The molecule has 2 aromatic heterocycles. The van der Waals surface area contributed by atoms with Crippen LogP contribution >= 0.6 is 11.3 Å². The van der Waals surface area contributed by atoms with Gasteiger partial charge in [-0.1, -0.05) is 6.07 Å². The highest BCUT2D eigenvalue weighted by atomic mass is 32.1. The highest BCUT2D eigenvalue weighted by molar-refractivity contribution is 7.09. The molecular weight excluding hydrogens is 260 g/mol. The van der Waals surface area contributed by atoms with Crippen molar-refractivity contribution in [3.05, 3.63) is 46.4 Å². The van der Waals surface area contributed by atoms with Crippen LogP contribution in [0.4, 0.5) is 5.69 Å². The van der Waals surface area contributed by atoms with Crippen molar-refractivity contribution in [3.63, 3.8) is 0 Å². The number of carbonyl (C=O) groups excluding carboxylic acids is 1. The molecule has 0 aliphatic carbocycles. The van der Waals surface area contributed by atoms with E-state index in [1.54, 1.807) is 41.6 Å². The number of pyridine rings is 1. The minimum Gasteiger partial charge on any atom is -0.340 e. The van der Waals surface area contributed by atoms with Gasteiger partial charge in [-0.25, -0.2) is 4.98 Å². The smallest absolute Gasteiger partial charge is 0.272 e. The van der Waals surface area contributed by atoms with Crippen LogP contribution in [0.2, 0.25) is 0 Å². The fourth-order valence-corrected chi connectivity index (χ4v) is 2.33. The van der Waals surface area contributed by atoms with Gasteiger partial charge in [-0.2, -0.15) is 0 Å². The first kappa shape index (κ1) is 13.5. The normalized spacial score (nSPS) is 10.2. The van der Waals surface area contributed by atoms with Gasteiger partial charge in [-0.3, -0.25) is 10.6 Å². The molecule has 0 aliphatic rings. The zero-order chi connectivity index (χ0) is 13.7. The van der Waals surface area contributed by atoms with Crippen molar-refractivity contribution in [2.45, 2.75) is 6.42 Å². The summed E-state index contributed by atoms with van der Waals surface area (Å²) in [5, 5.41) is 2.04. The molecular formula is C13H16N4OS. The Balaban J connectivity index is 1.94. The highest BCUT2D eigenvalue weighted by Gasteiger charge is 2.12. The summed E-state index contributed by atoms with van der Waals surface area (Å²) in [5.74, 6) is 5.17. The molecule has 0 unspecified atom stereocenters. The number of rotatable bonds is 5. The molecule has 2 heterocycles. The van der Waals surface area contributed by atoms with Crippen LogP contribution < -0.4 is 11.3 Å². The monoisotopic (exact) mass is 276 g/mol. The van der Waals surface area contributed by atoms with Gasteiger partial charge in [0.1, 0.15) is 5.69 Å². The fraction of sp³-hybridized carbons (Fsp3) is 0.231. The maximum Gasteiger partial charge on any atom is 0.272 e. The van der Waals surface area contributed by atoms with Gasteiger partial charge in [-0.15, -0.1) is 11.3 Å². The minimum absolute atomic E-state index is 0.0832. The van der Waals surface area contributed by atoms with Gasteiger partial charge >= 0.3 is 0 Å². The quantitative estimate of drug-likeness (QED) is 0.644. The van der Waals surface area contributed by atoms with Gasteiger partial charge in [0.25, 0.3) is 5.91 Å². The van der Waals surface area contributed by atoms with Crippen LogP contribution in [0.5, 0.6) is 0 Å². The topological polar surface area (TPSA) is 71.2 Å². The van der Waals surface area contributed by atoms with E-state index in [0.717, 1.165) is 6.42 Å². The molecule has 2 rings (SSSR count). The number of nitrogens with zero attached hydrogens (tertiary/aromatic N) is 2. The van der Waals surface area contributed by atoms with E-state index < -0.39 is 0 Å². The molecule has 0 atom stereocenters. The molecule has 0 saturated heterocycles. The molecule has 0 aromatic carbocycles. The molecule has 0 bridgehead atoms. The van der Waals surface area contributed by atoms with Crippen LogP contribution in [0.3, 0.4) is 0 Å². The van der Waals surface area contributed by atoms with Crippen molar-refractivity contribution in [2.75, 3.05) is 19.0 Å². The average molecular weight is 276 g/mol. The lowest BCUT2D eigenvalue weighted by Gasteiger charge is -2.16. The Morgan fingerprint density at radius 3 is 2.89 bits per heavy atom. The zero-order valence-corrected chi connectivity index (χ0v) is 11.5. The number of nitrogens with two attached hydrogens (primary N) is 1. The van der Waals surface area contributed by atoms with E-state index in [9.17, 15) is 4.79 Å². The zero-order valence-electron chi connectivity index (χ0n) is 10.7. The summed E-state index contributed by atoms with van der Waals surface area (Å²) in [4.78, 5) is 19.2. The van der Waals surface area contributed by atoms with E-state index >= 15 is 0 Å². The number of nitrogen functional groups attached to an aromatic ring is 1. The molecule has 0 radical (unpaired) electrons. The number of aromatic nitrogens is 1. The van der Waals surface area contributed by atoms with Crippen molar-refractivity contribution in [1.82, 2.24) is 9.88 Å². The summed E-state index contributed by atoms with van der Waals surface area (Å²) >= 11 is 1.70. The summed E-state index contributed by atoms with van der Waals surface area (Å²) < 4.78 is 0. The van der Waals surface area contributed by atoms with E-state index in [1.165, 1.54) is 4.88 Å². The Hall–Kier alpha value is -1.92. The van der Waals surface area contributed by atoms with Crippen LogP contribution in [-0.4, -0.2) is 29.4 Å². The number of likely N-dealkylation sites (N-methyl/N-ethyl adjacent to an activating group) is 1. The first-order valence-corrected chi connectivity index (χ1v) is 6.79. The molecule has 5 nitrogen and oxygen atoms in total. The molecule has 2 aromatic rings. The summed E-state index contributed by atoms with van der Waals surface area (Å²) in [6.07, 6.45) is 2.41. The van der Waals surface area contributed by atoms with E-state index in [1.807, 2.05) is 11.4 Å². The minimum atomic E-state index is -0.0832. The summed E-state index contributed by atoms with van der Waals surface area (Å²) in [7, 11) is 1.78. The van der Waals surface area contributed by atoms with E-state index in [2.05, 4.69) is 16.5 Å². The SMILES string of the molecule is CN(CCc1cccs1)C(=O)c1ccc(NN)cn1. The largest absolute Gasteiger partial charge is 0.340 e. The standard InChI is InChI=1S/C13H16N4OS/c1-17(7-6-11-3-2-8-19-11)13(18)12-5-4-10(16-14)9-15-12/h2-5,8-9,16H,6-7,14H2,1H3. The van der Waals surface area contributed by atoms with E-state index in [-0.39, 0.29) is 5.91 Å². The molecule has 0 fully saturated rings. The Labute approximate surface area is 116 Å². The van der Waals surface area contributed by atoms with Crippen molar-refractivity contribution in [2.24, 2.45) is 5.84 Å². The lowest BCUT2D eigenvalue weighted by Crippen LogP contribution is -2.29. The van der Waals surface area contributed by atoms with Crippen molar-refractivity contribution in [3.8, 4) is 0 Å². The van der Waals surface area contributed by atoms with Crippen molar-refractivity contribution >= 4 is 22.9 Å². The summed E-state index contributed by atoms with van der Waals surface area (Å²) in [5.41, 5.74) is 3.58. The Kier molecular flexibility index (Phi) is 4.48. The lowest BCUT2D eigenvalue weighted by atomic mass is 10.3. The molecule has 0 aliphatic heterocycles. The van der Waals surface area contributed by atoms with Gasteiger partial charge < -0.3 is 10.3 Å². The summed E-state index contributed by atoms with van der Waals surface area (Å²) in [6.45, 7) is 0.678. The van der Waals surface area contributed by atoms with Crippen molar-refractivity contribution < 1.29 is 4.79 Å². The number of hydrogen-bond donors (Lipinski definition) is 2. The number of thiophene rings is 1. The lowest BCUT2D eigenvalue weighted by molar-refractivity contribution is 0.0791. The highest BCUT2D eigenvalue weighted by Crippen LogP contribution is 2.11. The third kappa shape index (κ3) is 3.52. The van der Waals surface area contributed by atoms with Gasteiger partial charge in [-0.05, 0) is 30.0 Å². The van der Waals surface area contributed by atoms with E-state index in [0.29, 0.717) is 17.9 Å². The van der Waals surface area contributed by atoms with Gasteiger partial charge in [0.15, 0.2) is 0 Å². The van der Waals surface area contributed by atoms with Crippen LogP contribution in [0.1, 0.15) is 15.4 Å². The third-order valence-electron chi connectivity index (χ3n) is 2.77. The maximum atomic E-state index is 12.1. The predicted octanol–water partition coefficient (Wildman–Crippen LogP) is 1.74. The first-order valence-electron chi connectivity index (χ1n) is 5.91. The molecule has 19 heavy (non-hydrogen) atoms. The van der Waals surface area contributed by atoms with Crippen LogP contribution in [0.25, 0.3) is 0 Å². The number of carbonyl (C=O) groups is 1. The molecule has 6 heteroatoms. The molecule has 1 amide bonds. The second-order valence-corrected chi connectivity index (χ2v) is 5.16. The number of hydrogen-bond acceptors (Lipinski definition) is 5.